The normalized spacial score (nSPS) is 9.88. The van der Waals surface area contributed by atoms with Crippen molar-refractivity contribution < 1.29 is 0 Å². The van der Waals surface area contributed by atoms with Crippen molar-refractivity contribution in [3.63, 3.8) is 0 Å². The van der Waals surface area contributed by atoms with Gasteiger partial charge in [-0.15, -0.1) is 0 Å². The van der Waals surface area contributed by atoms with Crippen LogP contribution in [0.2, 0.25) is 0 Å². The molecular weight excluding hydrogens is 104 g/mol. The van der Waals surface area contributed by atoms with Crippen molar-refractivity contribution in [1.29, 1.82) is 0 Å². The van der Waals surface area contributed by atoms with E-state index in [4.69, 9.17) is 0 Å². The molecule has 0 amide bonds. The molecule has 0 aliphatic heterocycles. The number of hydrogen-bond donors (Lipinski definition) is 1. The van der Waals surface area contributed by atoms with Gasteiger partial charge in [0.25, 0.3) is 0 Å². The van der Waals surface area contributed by atoms with Gasteiger partial charge in [0.1, 0.15) is 0 Å². The van der Waals surface area contributed by atoms with Crippen LogP contribution < -0.4 is 5.32 Å². The predicted molar refractivity (Wildman–Crippen MR) is 33.8 cm³/mol. The van der Waals surface area contributed by atoms with Crippen LogP contribution in [-0.2, 0) is 0 Å². The van der Waals surface area contributed by atoms with Crippen LogP contribution in [0, 0.1) is 4.91 Å². The van der Waals surface area contributed by atoms with E-state index in [1.807, 2.05) is 13.8 Å². The van der Waals surface area contributed by atoms with Crippen molar-refractivity contribution in [3.05, 3.63) is 4.91 Å². The number of nitrogens with one attached hydrogen (secondary N) is 1. The van der Waals surface area contributed by atoms with E-state index in [1.165, 1.54) is 0 Å². The molecular formula is C5H12N2O. The lowest BCUT2D eigenvalue weighted by Gasteiger charge is -2.02. The Labute approximate surface area is 49.4 Å². The lowest BCUT2D eigenvalue weighted by molar-refractivity contribution is 0.595. The molecule has 0 aliphatic carbocycles. The maximum absolute atomic E-state index is 9.50. The van der Waals surface area contributed by atoms with Crippen molar-refractivity contribution in [3.8, 4) is 0 Å². The van der Waals surface area contributed by atoms with Gasteiger partial charge in [0.15, 0.2) is 0 Å². The van der Waals surface area contributed by atoms with Gasteiger partial charge in [-0.3, -0.25) is 0 Å². The highest BCUT2D eigenvalue weighted by atomic mass is 16.3. The zero-order valence-corrected chi connectivity index (χ0v) is 5.35. The van der Waals surface area contributed by atoms with Crippen LogP contribution >= 0.6 is 0 Å². The van der Waals surface area contributed by atoms with E-state index >= 15 is 0 Å². The Kier molecular flexibility index (Phi) is 4.45. The number of nitroso groups, excluding NO2 is 1. The molecule has 0 bridgehead atoms. The predicted octanol–water partition coefficient (Wildman–Crippen LogP) is 0.751. The average Bonchev–Trinajstić information content (AvgIpc) is 1.66. The zero-order chi connectivity index (χ0) is 6.41. The molecule has 0 aliphatic rings. The molecule has 0 aromatic heterocycles. The van der Waals surface area contributed by atoms with E-state index < -0.39 is 0 Å². The molecule has 0 aromatic rings. The van der Waals surface area contributed by atoms with Crippen LogP contribution in [0.15, 0.2) is 5.18 Å². The van der Waals surface area contributed by atoms with Gasteiger partial charge in [0, 0.05) is 12.6 Å². The monoisotopic (exact) mass is 116 g/mol. The molecule has 0 heterocycles. The zero-order valence-electron chi connectivity index (χ0n) is 5.35. The Bertz CT molecular complexity index is 63.4. The summed E-state index contributed by atoms with van der Waals surface area (Å²) >= 11 is 0. The Morgan fingerprint density at radius 2 is 2.25 bits per heavy atom. The summed E-state index contributed by atoms with van der Waals surface area (Å²) in [4.78, 5) is 9.50. The van der Waals surface area contributed by atoms with Crippen LogP contribution in [0.4, 0.5) is 0 Å². The van der Waals surface area contributed by atoms with Gasteiger partial charge >= 0.3 is 0 Å². The standard InChI is InChI=1S/C5H12N2O/c1-5(2)6-3-4-7-8/h5-6H,3-4H2,1-2H3. The highest BCUT2D eigenvalue weighted by Crippen LogP contribution is 1.73. The maximum atomic E-state index is 9.50. The van der Waals surface area contributed by atoms with Gasteiger partial charge in [0.05, 0.1) is 6.54 Å². The lowest BCUT2D eigenvalue weighted by atomic mass is 10.4. The van der Waals surface area contributed by atoms with E-state index in [2.05, 4.69) is 10.5 Å². The van der Waals surface area contributed by atoms with Crippen LogP contribution in [0.5, 0.6) is 0 Å². The summed E-state index contributed by atoms with van der Waals surface area (Å²) in [5.74, 6) is 0. The molecule has 0 aromatic carbocycles. The molecule has 0 atom stereocenters. The molecule has 0 rings (SSSR count). The van der Waals surface area contributed by atoms with Crippen LogP contribution in [0.1, 0.15) is 13.8 Å². The Hall–Kier alpha value is -0.440. The average molecular weight is 116 g/mol. The fourth-order valence-electron chi connectivity index (χ4n) is 0.399. The van der Waals surface area contributed by atoms with E-state index in [-0.39, 0.29) is 0 Å². The fraction of sp³-hybridized carbons (Fsp3) is 1.00. The third-order valence-electron chi connectivity index (χ3n) is 0.756. The molecule has 48 valence electrons. The lowest BCUT2D eigenvalue weighted by Crippen LogP contribution is -2.25. The van der Waals surface area contributed by atoms with Crippen molar-refractivity contribution in [2.75, 3.05) is 13.1 Å². The first-order valence-corrected chi connectivity index (χ1v) is 2.80. The van der Waals surface area contributed by atoms with Crippen molar-refractivity contribution in [2.45, 2.75) is 19.9 Å². The molecule has 3 nitrogen and oxygen atoms in total. The summed E-state index contributed by atoms with van der Waals surface area (Å²) in [5.41, 5.74) is 0. The maximum Gasteiger partial charge on any atom is 0.0935 e. The SMILES string of the molecule is CC(C)NCCN=O. The highest BCUT2D eigenvalue weighted by molar-refractivity contribution is 4.53. The summed E-state index contributed by atoms with van der Waals surface area (Å²) < 4.78 is 0. The van der Waals surface area contributed by atoms with Gasteiger partial charge < -0.3 is 5.32 Å². The second kappa shape index (κ2) is 4.71. The molecule has 0 saturated heterocycles. The topological polar surface area (TPSA) is 41.5 Å². The molecule has 1 N–H and O–H groups in total. The minimum atomic E-state index is 0.373. The number of hydrogen-bond acceptors (Lipinski definition) is 3. The third kappa shape index (κ3) is 5.56. The largest absolute Gasteiger partial charge is 0.313 e. The number of rotatable bonds is 4. The first kappa shape index (κ1) is 7.56. The van der Waals surface area contributed by atoms with E-state index in [0.29, 0.717) is 19.1 Å². The van der Waals surface area contributed by atoms with Crippen molar-refractivity contribution >= 4 is 0 Å². The second-order valence-electron chi connectivity index (χ2n) is 1.96. The summed E-state index contributed by atoms with van der Waals surface area (Å²) in [6.07, 6.45) is 0. The summed E-state index contributed by atoms with van der Waals surface area (Å²) in [6.45, 7) is 5.13. The van der Waals surface area contributed by atoms with Crippen LogP contribution in [0.25, 0.3) is 0 Å². The summed E-state index contributed by atoms with van der Waals surface area (Å²) in [6, 6.07) is 0.455. The first-order valence-electron chi connectivity index (χ1n) is 2.80. The van der Waals surface area contributed by atoms with Gasteiger partial charge in [-0.2, -0.15) is 4.91 Å². The molecule has 3 heteroatoms. The summed E-state index contributed by atoms with van der Waals surface area (Å²) in [5, 5.41) is 5.75. The number of nitrogens with zero attached hydrogens (tertiary/aromatic N) is 1. The molecule has 8 heavy (non-hydrogen) atoms. The van der Waals surface area contributed by atoms with Crippen molar-refractivity contribution in [1.82, 2.24) is 5.32 Å². The molecule has 0 fully saturated rings. The Balaban J connectivity index is 2.81. The van der Waals surface area contributed by atoms with Gasteiger partial charge in [-0.05, 0) is 0 Å². The van der Waals surface area contributed by atoms with Gasteiger partial charge in [0.2, 0.25) is 0 Å². The fourth-order valence-corrected chi connectivity index (χ4v) is 0.399. The van der Waals surface area contributed by atoms with E-state index in [9.17, 15) is 4.91 Å². The first-order chi connectivity index (χ1) is 3.77. The smallest absolute Gasteiger partial charge is 0.0935 e. The quantitative estimate of drug-likeness (QED) is 0.435. The van der Waals surface area contributed by atoms with E-state index in [0.717, 1.165) is 0 Å². The van der Waals surface area contributed by atoms with Gasteiger partial charge in [-0.25, -0.2) is 0 Å². The van der Waals surface area contributed by atoms with Crippen LogP contribution in [-0.4, -0.2) is 19.1 Å². The van der Waals surface area contributed by atoms with Gasteiger partial charge in [-0.1, -0.05) is 19.0 Å². The third-order valence-corrected chi connectivity index (χ3v) is 0.756. The second-order valence-corrected chi connectivity index (χ2v) is 1.96. The van der Waals surface area contributed by atoms with E-state index in [1.54, 1.807) is 0 Å². The minimum Gasteiger partial charge on any atom is -0.313 e. The molecule has 0 spiro atoms. The molecule has 0 saturated carbocycles. The summed E-state index contributed by atoms with van der Waals surface area (Å²) in [7, 11) is 0. The minimum absolute atomic E-state index is 0.373. The van der Waals surface area contributed by atoms with Crippen LogP contribution in [0.3, 0.4) is 0 Å². The van der Waals surface area contributed by atoms with Crippen molar-refractivity contribution in [2.24, 2.45) is 5.18 Å². The Morgan fingerprint density at radius 1 is 1.62 bits per heavy atom. The Morgan fingerprint density at radius 3 is 2.62 bits per heavy atom. The highest BCUT2D eigenvalue weighted by Gasteiger charge is 1.88. The molecule has 0 unspecified atom stereocenters. The molecule has 0 radical (unpaired) electrons.